The highest BCUT2D eigenvalue weighted by atomic mass is 15.1. The van der Waals surface area contributed by atoms with Crippen molar-refractivity contribution in [3.8, 4) is 39.1 Å². The van der Waals surface area contributed by atoms with E-state index < -0.39 is 0 Å². The van der Waals surface area contributed by atoms with Gasteiger partial charge in [-0.15, -0.1) is 38.2 Å². The van der Waals surface area contributed by atoms with E-state index in [0.717, 1.165) is 45.3 Å². The van der Waals surface area contributed by atoms with Gasteiger partial charge in [-0.25, -0.2) is 4.98 Å². The van der Waals surface area contributed by atoms with Crippen molar-refractivity contribution >= 4 is 216 Å². The van der Waals surface area contributed by atoms with E-state index in [2.05, 4.69) is 35.8 Å². The molecule has 0 amide bonds. The summed E-state index contributed by atoms with van der Waals surface area (Å²) < 4.78 is 2.19. The first-order chi connectivity index (χ1) is 28.7. The zero-order valence-corrected chi connectivity index (χ0v) is 32.7. The Hall–Kier alpha value is -5.15. The first-order valence-corrected chi connectivity index (χ1v) is 19.1. The van der Waals surface area contributed by atoms with Gasteiger partial charge >= 0.3 is 0 Å². The summed E-state index contributed by atoms with van der Waals surface area (Å²) in [7, 11) is 86.4. The molecule has 0 atom stereocenters. The van der Waals surface area contributed by atoms with Crippen LogP contribution in [0.25, 0.3) is 82.4 Å². The molecule has 0 spiro atoms. The average molecular weight is 728 g/mol. The maximum absolute atomic E-state index is 7.02. The molecule has 9 aromatic rings. The van der Waals surface area contributed by atoms with Crippen molar-refractivity contribution < 1.29 is 0 Å². The molecule has 0 aliphatic rings. The summed E-state index contributed by atoms with van der Waals surface area (Å²) in [4.78, 5) is 4.88. The SMILES string of the molecule is [B]c1c([B])c([B])c(-c2cccc(-c3c4c([B])c([B])c([B])c([B])c4c(-c4ccc5cc(-n6c(CC)nc7ccccc76)ccc5c4)c4c([B])c([B])c([B])c([B])c34)c2)c([B])c1[B]. The normalized spacial score (nSPS) is 11.7. The molecule has 60 heavy (non-hydrogen) atoms. The summed E-state index contributed by atoms with van der Waals surface area (Å²) in [5, 5.41) is 3.79. The molecule has 248 valence electrons. The predicted octanol–water partition coefficient (Wildman–Crippen LogP) is -3.63. The lowest BCUT2D eigenvalue weighted by Gasteiger charge is -2.29. The molecule has 0 aliphatic heterocycles. The molecule has 2 nitrogen and oxygen atoms in total. The van der Waals surface area contributed by atoms with Crippen LogP contribution in [0.3, 0.4) is 0 Å². The minimum Gasteiger partial charge on any atom is -0.296 e. The minimum absolute atomic E-state index is 0.0924. The first kappa shape index (κ1) is 40.3. The van der Waals surface area contributed by atoms with Crippen LogP contribution in [-0.4, -0.2) is 112 Å². The van der Waals surface area contributed by atoms with Gasteiger partial charge in [0.15, 0.2) is 0 Å². The van der Waals surface area contributed by atoms with Crippen molar-refractivity contribution in [2.24, 2.45) is 0 Å². The van der Waals surface area contributed by atoms with Gasteiger partial charge in [0.05, 0.1) is 11.0 Å². The molecule has 9 rings (SSSR count). The minimum atomic E-state index is 0.0924. The zero-order chi connectivity index (χ0) is 42.6. The summed E-state index contributed by atoms with van der Waals surface area (Å²) in [5.41, 5.74) is 8.04. The molecule has 26 radical (unpaired) electrons. The quantitative estimate of drug-likeness (QED) is 0.132. The fourth-order valence-corrected chi connectivity index (χ4v) is 8.64. The average Bonchev–Trinajstić information content (AvgIpc) is 3.65. The topological polar surface area (TPSA) is 17.8 Å². The Morgan fingerprint density at radius 2 is 0.833 bits per heavy atom. The van der Waals surface area contributed by atoms with Gasteiger partial charge < -0.3 is 0 Å². The number of rotatable bonds is 5. The highest BCUT2D eigenvalue weighted by molar-refractivity contribution is 6.72. The Labute approximate surface area is 367 Å². The van der Waals surface area contributed by atoms with E-state index in [4.69, 9.17) is 107 Å². The molecule has 0 aliphatic carbocycles. The number of aromatic nitrogens is 2. The molecule has 1 heterocycles. The van der Waals surface area contributed by atoms with Crippen LogP contribution in [0.15, 0.2) is 84.9 Å². The number of aryl methyl sites for hydroxylation is 1. The maximum atomic E-state index is 7.02. The number of imidazole rings is 1. The van der Waals surface area contributed by atoms with Gasteiger partial charge in [0.2, 0.25) is 0 Å². The number of fused-ring (bicyclic) bond motifs is 4. The van der Waals surface area contributed by atoms with Gasteiger partial charge in [-0.3, -0.25) is 4.57 Å². The summed E-state index contributed by atoms with van der Waals surface area (Å²) in [6.07, 6.45) is 0.759. The van der Waals surface area contributed by atoms with Gasteiger partial charge in [0.1, 0.15) is 108 Å². The highest BCUT2D eigenvalue weighted by Gasteiger charge is 2.25. The Kier molecular flexibility index (Phi) is 9.93. The number of para-hydroxylation sites is 2. The van der Waals surface area contributed by atoms with E-state index in [1.54, 1.807) is 0 Å². The predicted molar refractivity (Wildman–Crippen MR) is 269 cm³/mol. The third-order valence-corrected chi connectivity index (χ3v) is 11.8. The van der Waals surface area contributed by atoms with E-state index in [9.17, 15) is 0 Å². The number of nitrogens with zero attached hydrogens (tertiary/aromatic N) is 2. The molecule has 8 aromatic carbocycles. The number of benzene rings is 8. The highest BCUT2D eigenvalue weighted by Crippen LogP contribution is 2.42. The molecule has 0 N–H and O–H groups in total. The largest absolute Gasteiger partial charge is 0.296 e. The van der Waals surface area contributed by atoms with Crippen LogP contribution in [0.2, 0.25) is 0 Å². The van der Waals surface area contributed by atoms with Crippen LogP contribution in [-0.2, 0) is 6.42 Å². The number of hydrogen-bond acceptors (Lipinski definition) is 1. The van der Waals surface area contributed by atoms with E-state index in [1.165, 1.54) is 0 Å². The molecule has 0 fully saturated rings. The summed E-state index contributed by atoms with van der Waals surface area (Å²) in [5.74, 6) is 0.958. The standard InChI is InChI=1S/C45H19B13N2/c1-2-25-59-23-8-3-4-9-24(23)60(25)22-13-12-17-14-21(11-10-18(17)16-22)27-31-29(35(48)41(54)43(56)37(31)50)26(30-32(27)38(51)44(57)42(55)36(30)49)19-6-5-7-20(15-19)28-33(46)39(52)45(58)40(53)34(28)47/h3-16H,2H2,1H3. The molecule has 0 unspecified atom stereocenters. The second-order valence-corrected chi connectivity index (χ2v) is 15.0. The van der Waals surface area contributed by atoms with E-state index in [-0.39, 0.29) is 71.0 Å². The molecular weight excluding hydrogens is 709 g/mol. The summed E-state index contributed by atoms with van der Waals surface area (Å²) >= 11 is 0. The zero-order valence-electron chi connectivity index (χ0n) is 32.7. The van der Waals surface area contributed by atoms with E-state index in [0.29, 0.717) is 49.4 Å². The van der Waals surface area contributed by atoms with Gasteiger partial charge in [-0.1, -0.05) is 88.2 Å². The van der Waals surface area contributed by atoms with Gasteiger partial charge in [-0.2, -0.15) is 0 Å². The molecular formula is C45H19B13N2. The Balaban J connectivity index is 1.38. The van der Waals surface area contributed by atoms with Crippen molar-refractivity contribution in [3.05, 3.63) is 90.8 Å². The Bertz CT molecular complexity index is 3250. The van der Waals surface area contributed by atoms with Crippen LogP contribution < -0.4 is 71.0 Å². The van der Waals surface area contributed by atoms with Crippen LogP contribution in [0.4, 0.5) is 0 Å². The summed E-state index contributed by atoms with van der Waals surface area (Å²) in [6, 6.07) is 27.8. The molecule has 0 bridgehead atoms. The Morgan fingerprint density at radius 1 is 0.400 bits per heavy atom. The van der Waals surface area contributed by atoms with Gasteiger partial charge in [0, 0.05) is 12.1 Å². The second-order valence-electron chi connectivity index (χ2n) is 15.0. The lowest BCUT2D eigenvalue weighted by molar-refractivity contribution is 0.909. The van der Waals surface area contributed by atoms with Crippen LogP contribution in [0.5, 0.6) is 0 Å². The smallest absolute Gasteiger partial charge is 0.114 e. The fraction of sp³-hybridized carbons (Fsp3) is 0.0444. The van der Waals surface area contributed by atoms with Crippen molar-refractivity contribution in [3.63, 3.8) is 0 Å². The van der Waals surface area contributed by atoms with Crippen LogP contribution >= 0.6 is 0 Å². The monoisotopic (exact) mass is 730 g/mol. The molecule has 15 heteroatoms. The number of hydrogen-bond donors (Lipinski definition) is 0. The van der Waals surface area contributed by atoms with Crippen LogP contribution in [0.1, 0.15) is 12.7 Å². The van der Waals surface area contributed by atoms with Crippen LogP contribution in [0, 0.1) is 0 Å². The fourth-order valence-electron chi connectivity index (χ4n) is 8.64. The van der Waals surface area contributed by atoms with Gasteiger partial charge in [-0.05, 0) is 102 Å². The third-order valence-electron chi connectivity index (χ3n) is 11.8. The molecule has 1 aromatic heterocycles. The third kappa shape index (κ3) is 5.85. The van der Waals surface area contributed by atoms with Crippen molar-refractivity contribution in [1.82, 2.24) is 9.55 Å². The summed E-state index contributed by atoms with van der Waals surface area (Å²) in [6.45, 7) is 2.09. The maximum Gasteiger partial charge on any atom is 0.114 e. The van der Waals surface area contributed by atoms with Crippen molar-refractivity contribution in [2.45, 2.75) is 13.3 Å². The van der Waals surface area contributed by atoms with Crippen molar-refractivity contribution in [1.29, 1.82) is 0 Å². The molecule has 0 saturated carbocycles. The van der Waals surface area contributed by atoms with Crippen molar-refractivity contribution in [2.75, 3.05) is 0 Å². The van der Waals surface area contributed by atoms with Gasteiger partial charge in [0.25, 0.3) is 0 Å². The second kappa shape index (κ2) is 14.8. The lowest BCUT2D eigenvalue weighted by atomic mass is 9.59. The first-order valence-electron chi connectivity index (χ1n) is 19.1. The lowest BCUT2D eigenvalue weighted by Crippen LogP contribution is -2.55. The Morgan fingerprint density at radius 3 is 1.37 bits per heavy atom. The van der Waals surface area contributed by atoms with E-state index >= 15 is 0 Å². The molecule has 0 saturated heterocycles. The van der Waals surface area contributed by atoms with E-state index in [1.807, 2.05) is 60.7 Å².